The number of hydrogen-bond acceptors (Lipinski definition) is 6. The summed E-state index contributed by atoms with van der Waals surface area (Å²) in [6, 6.07) is 5.99. The average molecular weight is 571 g/mol. The van der Waals surface area contributed by atoms with E-state index in [4.69, 9.17) is 4.74 Å². The molecule has 3 N–H and O–H groups in total. The molecule has 1 aromatic carbocycles. The van der Waals surface area contributed by atoms with Crippen molar-refractivity contribution in [3.05, 3.63) is 35.9 Å². The van der Waals surface area contributed by atoms with E-state index in [0.717, 1.165) is 5.56 Å². The van der Waals surface area contributed by atoms with Crippen molar-refractivity contribution in [2.75, 3.05) is 13.2 Å². The van der Waals surface area contributed by atoms with Crippen molar-refractivity contribution in [1.29, 1.82) is 0 Å². The zero-order chi connectivity index (χ0) is 29.9. The zero-order valence-corrected chi connectivity index (χ0v) is 24.8. The molecule has 2 aliphatic rings. The Morgan fingerprint density at radius 2 is 1.56 bits per heavy atom. The Bertz CT molecular complexity index is 1060. The van der Waals surface area contributed by atoms with E-state index in [1.807, 2.05) is 58.0 Å². The fraction of sp³-hybridized carbons (Fsp3) is 0.645. The molecule has 0 aromatic heterocycles. The number of carbonyl (C=O) groups excluding carboxylic acids is 5. The van der Waals surface area contributed by atoms with E-state index in [9.17, 15) is 24.0 Å². The van der Waals surface area contributed by atoms with Gasteiger partial charge in [-0.25, -0.2) is 4.79 Å². The highest BCUT2D eigenvalue weighted by molar-refractivity contribution is 5.95. The first-order valence-corrected chi connectivity index (χ1v) is 15.0. The first kappa shape index (κ1) is 32.1. The zero-order valence-electron chi connectivity index (χ0n) is 24.8. The topological polar surface area (TPSA) is 134 Å². The van der Waals surface area contributed by atoms with Gasteiger partial charge in [-0.15, -0.1) is 0 Å². The number of nitrogens with one attached hydrogen (secondary N) is 3. The number of fused-ring (bicyclic) bond motifs is 1. The number of rotatable bonds is 5. The molecule has 0 radical (unpaired) electrons. The molecule has 1 unspecified atom stereocenters. The fourth-order valence-electron chi connectivity index (χ4n) is 5.36. The normalized spacial score (nSPS) is 25.9. The fourth-order valence-corrected chi connectivity index (χ4v) is 5.36. The largest absolute Gasteiger partial charge is 0.464 e. The van der Waals surface area contributed by atoms with E-state index >= 15 is 0 Å². The Kier molecular flexibility index (Phi) is 12.2. The second kappa shape index (κ2) is 15.5. The molecule has 2 saturated heterocycles. The van der Waals surface area contributed by atoms with E-state index < -0.39 is 42.0 Å². The van der Waals surface area contributed by atoms with Crippen LogP contribution in [0.15, 0.2) is 30.3 Å². The maximum atomic E-state index is 13.6. The SMILES string of the molecule is CC(C)CC1NC(=O)[C@H](Cc2ccccc2)NC(=O)[C@@H]2CCCN2C(=O)[C@H](C(C)C)NC(=O)CCCCCOC1=O. The van der Waals surface area contributed by atoms with Crippen LogP contribution < -0.4 is 16.0 Å². The van der Waals surface area contributed by atoms with Crippen LogP contribution in [0.3, 0.4) is 0 Å². The van der Waals surface area contributed by atoms with Gasteiger partial charge in [0, 0.05) is 19.4 Å². The summed E-state index contributed by atoms with van der Waals surface area (Å²) >= 11 is 0. The predicted octanol–water partition coefficient (Wildman–Crippen LogP) is 2.49. The summed E-state index contributed by atoms with van der Waals surface area (Å²) in [5, 5.41) is 8.59. The molecule has 4 amide bonds. The van der Waals surface area contributed by atoms with Crippen molar-refractivity contribution >= 4 is 29.6 Å². The molecule has 1 aromatic rings. The Morgan fingerprint density at radius 1 is 0.854 bits per heavy atom. The molecule has 2 fully saturated rings. The maximum Gasteiger partial charge on any atom is 0.328 e. The van der Waals surface area contributed by atoms with Gasteiger partial charge < -0.3 is 25.6 Å². The van der Waals surface area contributed by atoms with Gasteiger partial charge in [0.25, 0.3) is 0 Å². The summed E-state index contributed by atoms with van der Waals surface area (Å²) in [4.78, 5) is 68.1. The van der Waals surface area contributed by atoms with Crippen molar-refractivity contribution in [2.45, 2.75) is 103 Å². The summed E-state index contributed by atoms with van der Waals surface area (Å²) in [5.41, 5.74) is 0.844. The van der Waals surface area contributed by atoms with Gasteiger partial charge in [-0.1, -0.05) is 58.0 Å². The third-order valence-electron chi connectivity index (χ3n) is 7.60. The van der Waals surface area contributed by atoms with Crippen molar-refractivity contribution in [1.82, 2.24) is 20.9 Å². The number of amides is 4. The van der Waals surface area contributed by atoms with E-state index in [1.165, 1.54) is 4.90 Å². The molecular weight excluding hydrogens is 524 g/mol. The molecule has 2 aliphatic heterocycles. The van der Waals surface area contributed by atoms with Gasteiger partial charge in [0.1, 0.15) is 24.2 Å². The van der Waals surface area contributed by atoms with Crippen molar-refractivity contribution in [3.8, 4) is 0 Å². The number of carbonyl (C=O) groups is 5. The number of esters is 1. The first-order chi connectivity index (χ1) is 19.6. The average Bonchev–Trinajstić information content (AvgIpc) is 3.42. The summed E-state index contributed by atoms with van der Waals surface area (Å²) in [6.07, 6.45) is 3.79. The summed E-state index contributed by atoms with van der Waals surface area (Å²) < 4.78 is 5.50. The summed E-state index contributed by atoms with van der Waals surface area (Å²) in [7, 11) is 0. The molecule has 10 heteroatoms. The highest BCUT2D eigenvalue weighted by Gasteiger charge is 2.40. The van der Waals surface area contributed by atoms with Crippen LogP contribution in [0.5, 0.6) is 0 Å². The Morgan fingerprint density at radius 3 is 2.24 bits per heavy atom. The lowest BCUT2D eigenvalue weighted by molar-refractivity contribution is -0.149. The van der Waals surface area contributed by atoms with Gasteiger partial charge >= 0.3 is 5.97 Å². The number of benzene rings is 1. The van der Waals surface area contributed by atoms with Crippen LogP contribution in [0.4, 0.5) is 0 Å². The molecular formula is C31H46N4O6. The first-order valence-electron chi connectivity index (χ1n) is 15.0. The van der Waals surface area contributed by atoms with Gasteiger partial charge in [-0.05, 0) is 55.9 Å². The minimum Gasteiger partial charge on any atom is -0.464 e. The molecule has 2 heterocycles. The quantitative estimate of drug-likeness (QED) is 0.466. The predicted molar refractivity (Wildman–Crippen MR) is 154 cm³/mol. The maximum absolute atomic E-state index is 13.6. The third kappa shape index (κ3) is 9.57. The number of nitrogens with zero attached hydrogens (tertiary/aromatic N) is 1. The van der Waals surface area contributed by atoms with Crippen LogP contribution in [0.25, 0.3) is 0 Å². The Labute approximate surface area is 243 Å². The highest BCUT2D eigenvalue weighted by Crippen LogP contribution is 2.21. The van der Waals surface area contributed by atoms with Crippen LogP contribution in [-0.2, 0) is 35.1 Å². The minimum atomic E-state index is -0.965. The molecule has 0 saturated carbocycles. The van der Waals surface area contributed by atoms with Crippen LogP contribution in [0.1, 0.15) is 78.2 Å². The summed E-state index contributed by atoms with van der Waals surface area (Å²) in [6.45, 7) is 8.22. The van der Waals surface area contributed by atoms with Crippen LogP contribution in [0.2, 0.25) is 0 Å². The van der Waals surface area contributed by atoms with E-state index in [-0.39, 0.29) is 43.1 Å². The van der Waals surface area contributed by atoms with E-state index in [2.05, 4.69) is 16.0 Å². The van der Waals surface area contributed by atoms with Gasteiger partial charge in [0.15, 0.2) is 0 Å². The molecule has 226 valence electrons. The minimum absolute atomic E-state index is 0.113. The second-order valence-corrected chi connectivity index (χ2v) is 11.9. The van der Waals surface area contributed by atoms with Gasteiger partial charge in [-0.3, -0.25) is 19.2 Å². The monoisotopic (exact) mass is 570 g/mol. The molecule has 41 heavy (non-hydrogen) atoms. The Hall–Kier alpha value is -3.43. The van der Waals surface area contributed by atoms with Crippen molar-refractivity contribution < 1.29 is 28.7 Å². The van der Waals surface area contributed by atoms with Gasteiger partial charge in [0.2, 0.25) is 23.6 Å². The van der Waals surface area contributed by atoms with E-state index in [0.29, 0.717) is 45.1 Å². The molecule has 0 aliphatic carbocycles. The lowest BCUT2D eigenvalue weighted by Gasteiger charge is -2.31. The number of cyclic esters (lactones) is 1. The molecule has 0 spiro atoms. The third-order valence-corrected chi connectivity index (χ3v) is 7.60. The lowest BCUT2D eigenvalue weighted by atomic mass is 10.0. The molecule has 4 atom stereocenters. The molecule has 3 rings (SSSR count). The van der Waals surface area contributed by atoms with E-state index in [1.54, 1.807) is 0 Å². The van der Waals surface area contributed by atoms with Crippen molar-refractivity contribution in [2.24, 2.45) is 11.8 Å². The standard InChI is InChI=1S/C31H46N4O6/c1-20(2)18-24-31(40)41-17-10-6-9-15-26(36)34-27(21(3)4)30(39)35-16-11-14-25(35)29(38)32-23(28(37)33-24)19-22-12-7-5-8-13-22/h5,7-8,12-13,20-21,23-25,27H,6,9-11,14-19H2,1-4H3,(H,32,38)(H,33,37)(H,34,36)/t23-,24?,25-,27-/m0/s1. The second-order valence-electron chi connectivity index (χ2n) is 11.9. The van der Waals surface area contributed by atoms with Crippen LogP contribution >= 0.6 is 0 Å². The van der Waals surface area contributed by atoms with Gasteiger partial charge in [-0.2, -0.15) is 0 Å². The summed E-state index contributed by atoms with van der Waals surface area (Å²) in [5.74, 6) is -1.99. The Balaban J connectivity index is 1.90. The number of hydrogen-bond donors (Lipinski definition) is 3. The molecule has 10 nitrogen and oxygen atoms in total. The molecule has 0 bridgehead atoms. The highest BCUT2D eigenvalue weighted by atomic mass is 16.5. The smallest absolute Gasteiger partial charge is 0.328 e. The van der Waals surface area contributed by atoms with Crippen molar-refractivity contribution in [3.63, 3.8) is 0 Å². The van der Waals surface area contributed by atoms with Crippen LogP contribution in [0, 0.1) is 11.8 Å². The number of ether oxygens (including phenoxy) is 1. The van der Waals surface area contributed by atoms with Gasteiger partial charge in [0.05, 0.1) is 6.61 Å². The van der Waals surface area contributed by atoms with Crippen LogP contribution in [-0.4, -0.2) is 71.8 Å². The lowest BCUT2D eigenvalue weighted by Crippen LogP contribution is -2.58.